The number of hydrogen-bond donors (Lipinski definition) is 5. The first-order valence-corrected chi connectivity index (χ1v) is 11.8. The number of guanidine groups is 1. The molecule has 4 aliphatic heterocycles. The molecule has 3 saturated heterocycles. The van der Waals surface area contributed by atoms with Gasteiger partial charge in [0.05, 0.1) is 24.1 Å². The number of aliphatic imine (C=N–C) groups is 1. The molecule has 0 aromatic carbocycles. The number of piperazine rings is 1. The zero-order chi connectivity index (χ0) is 23.2. The maximum atomic E-state index is 12.6. The second-order valence-electron chi connectivity index (χ2n) is 8.75. The van der Waals surface area contributed by atoms with Crippen LogP contribution in [0.1, 0.15) is 20.3 Å². The van der Waals surface area contributed by atoms with Gasteiger partial charge in [0.1, 0.15) is 5.70 Å². The maximum absolute atomic E-state index is 12.6. The van der Waals surface area contributed by atoms with Gasteiger partial charge in [0, 0.05) is 48.8 Å². The van der Waals surface area contributed by atoms with Crippen molar-refractivity contribution < 1.29 is 24.6 Å². The fourth-order valence-electron chi connectivity index (χ4n) is 4.99. The highest BCUT2D eigenvalue weighted by Gasteiger charge is 2.60. The number of nitrogens with two attached hydrogens (primary N) is 1. The summed E-state index contributed by atoms with van der Waals surface area (Å²) >= 11 is 1.40. The number of amides is 2. The molecule has 32 heavy (non-hydrogen) atoms. The monoisotopic (exact) mass is 466 g/mol. The number of aliphatic hydroxyl groups is 1. The van der Waals surface area contributed by atoms with E-state index >= 15 is 0 Å². The van der Waals surface area contributed by atoms with E-state index in [1.54, 1.807) is 6.92 Å². The molecule has 0 spiro atoms. The van der Waals surface area contributed by atoms with Crippen LogP contribution in [-0.4, -0.2) is 99.9 Å². The highest BCUT2D eigenvalue weighted by Crippen LogP contribution is 2.51. The van der Waals surface area contributed by atoms with Gasteiger partial charge in [-0.15, -0.1) is 11.8 Å². The molecule has 3 unspecified atom stereocenters. The van der Waals surface area contributed by atoms with Crippen LogP contribution in [0, 0.1) is 11.8 Å². The normalized spacial score (nSPS) is 33.9. The van der Waals surface area contributed by atoms with Crippen LogP contribution in [0.2, 0.25) is 0 Å². The Morgan fingerprint density at radius 2 is 2.00 bits per heavy atom. The smallest absolute Gasteiger partial charge is 0.353 e. The van der Waals surface area contributed by atoms with Crippen LogP contribution in [0.15, 0.2) is 15.6 Å². The van der Waals surface area contributed by atoms with Crippen molar-refractivity contribution in [1.29, 1.82) is 0 Å². The fraction of sp³-hybridized carbons (Fsp3) is 0.700. The van der Waals surface area contributed by atoms with E-state index in [-0.39, 0.29) is 40.7 Å². The molecule has 0 aromatic heterocycles. The van der Waals surface area contributed by atoms with E-state index in [2.05, 4.69) is 15.6 Å². The minimum Gasteiger partial charge on any atom is -0.477 e. The number of aliphatic hydroxyl groups excluding tert-OH is 1. The summed E-state index contributed by atoms with van der Waals surface area (Å²) < 4.78 is 0. The third-order valence-electron chi connectivity index (χ3n) is 6.66. The molecule has 4 aliphatic rings. The van der Waals surface area contributed by atoms with Gasteiger partial charge in [-0.2, -0.15) is 4.99 Å². The molecule has 176 valence electrons. The number of carbonyl (C=O) groups is 3. The SMILES string of the molecule is C[C@@H](O)C1C(=O)N2C(C(=O)O)=C(S[C@@H]3CNC(C(=O)N=C(N)N4CCNCC4)C3)[C@H](C)C12. The number of thioether (sulfide) groups is 1. The van der Waals surface area contributed by atoms with Crippen LogP contribution in [-0.2, 0) is 14.4 Å². The first-order chi connectivity index (χ1) is 15.2. The van der Waals surface area contributed by atoms with Crippen LogP contribution in [0.5, 0.6) is 0 Å². The first kappa shape index (κ1) is 23.0. The summed E-state index contributed by atoms with van der Waals surface area (Å²) in [6, 6.07) is -0.824. The molecular formula is C20H30N6O5S. The third kappa shape index (κ3) is 4.00. The number of nitrogens with zero attached hydrogens (tertiary/aromatic N) is 3. The standard InChI is InChI=1S/C20H30N6O5S/c1-9-14-13(10(2)27)18(29)26(14)15(19(30)31)16(9)32-11-7-12(23-8-11)17(28)24-20(21)25-5-3-22-4-6-25/h9-14,22-23,27H,3-8H2,1-2H3,(H,30,31)(H2,21,24,28)/t9-,10-,11+,12?,13?,14?/m1/s1. The van der Waals surface area contributed by atoms with Gasteiger partial charge in [-0.25, -0.2) is 4.79 Å². The third-order valence-corrected chi connectivity index (χ3v) is 8.17. The predicted molar refractivity (Wildman–Crippen MR) is 118 cm³/mol. The highest BCUT2D eigenvalue weighted by molar-refractivity contribution is 8.03. The van der Waals surface area contributed by atoms with Crippen molar-refractivity contribution in [1.82, 2.24) is 20.4 Å². The topological polar surface area (TPSA) is 161 Å². The second kappa shape index (κ2) is 9.00. The van der Waals surface area contributed by atoms with Crippen molar-refractivity contribution >= 4 is 35.5 Å². The van der Waals surface area contributed by atoms with Crippen molar-refractivity contribution in [2.45, 2.75) is 43.7 Å². The quantitative estimate of drug-likeness (QED) is 0.180. The molecule has 2 amide bonds. The van der Waals surface area contributed by atoms with Crippen molar-refractivity contribution in [2.24, 2.45) is 22.6 Å². The lowest BCUT2D eigenvalue weighted by Crippen LogP contribution is -2.63. The molecule has 3 fully saturated rings. The zero-order valence-electron chi connectivity index (χ0n) is 18.2. The number of fused-ring (bicyclic) bond motifs is 1. The van der Waals surface area contributed by atoms with E-state index in [4.69, 9.17) is 5.73 Å². The van der Waals surface area contributed by atoms with Crippen molar-refractivity contribution in [3.05, 3.63) is 10.6 Å². The molecule has 0 saturated carbocycles. The summed E-state index contributed by atoms with van der Waals surface area (Å²) in [6.45, 7) is 6.95. The number of hydrogen-bond acceptors (Lipinski definition) is 7. The Morgan fingerprint density at radius 1 is 1.31 bits per heavy atom. The molecule has 6 N–H and O–H groups in total. The summed E-state index contributed by atoms with van der Waals surface area (Å²) in [5, 5.41) is 26.1. The number of carbonyl (C=O) groups excluding carboxylic acids is 2. The van der Waals surface area contributed by atoms with E-state index < -0.39 is 24.0 Å². The molecule has 6 atom stereocenters. The summed E-state index contributed by atoms with van der Waals surface area (Å²) in [4.78, 5) is 44.9. The molecule has 12 heteroatoms. The van der Waals surface area contributed by atoms with Gasteiger partial charge < -0.3 is 36.4 Å². The Labute approximate surface area is 190 Å². The van der Waals surface area contributed by atoms with E-state index in [0.29, 0.717) is 31.0 Å². The van der Waals surface area contributed by atoms with Gasteiger partial charge >= 0.3 is 5.97 Å². The Bertz CT molecular complexity index is 871. The van der Waals surface area contributed by atoms with E-state index in [1.807, 2.05) is 11.8 Å². The van der Waals surface area contributed by atoms with Gasteiger partial charge in [-0.05, 0) is 13.3 Å². The van der Waals surface area contributed by atoms with Crippen molar-refractivity contribution in [3.8, 4) is 0 Å². The van der Waals surface area contributed by atoms with Crippen molar-refractivity contribution in [2.75, 3.05) is 32.7 Å². The lowest BCUT2D eigenvalue weighted by Gasteiger charge is -2.46. The first-order valence-electron chi connectivity index (χ1n) is 10.9. The second-order valence-corrected chi connectivity index (χ2v) is 10.1. The number of β-lactam (4-membered cyclic amide) rings is 1. The van der Waals surface area contributed by atoms with Crippen LogP contribution < -0.4 is 16.4 Å². The maximum Gasteiger partial charge on any atom is 0.353 e. The average Bonchev–Trinajstić information content (AvgIpc) is 3.31. The van der Waals surface area contributed by atoms with E-state index in [1.165, 1.54) is 16.7 Å². The van der Waals surface area contributed by atoms with Gasteiger partial charge in [0.15, 0.2) is 5.96 Å². The lowest BCUT2D eigenvalue weighted by molar-refractivity contribution is -0.163. The minimum absolute atomic E-state index is 0.00477. The number of carboxylic acid groups (broad SMARTS) is 1. The van der Waals surface area contributed by atoms with E-state index in [9.17, 15) is 24.6 Å². The molecule has 0 aromatic rings. The molecule has 0 aliphatic carbocycles. The highest BCUT2D eigenvalue weighted by atomic mass is 32.2. The average molecular weight is 467 g/mol. The van der Waals surface area contributed by atoms with Crippen LogP contribution >= 0.6 is 11.8 Å². The predicted octanol–water partition coefficient (Wildman–Crippen LogP) is -1.65. The van der Waals surface area contributed by atoms with Gasteiger partial charge in [-0.3, -0.25) is 9.59 Å². The zero-order valence-corrected chi connectivity index (χ0v) is 19.0. The van der Waals surface area contributed by atoms with Gasteiger partial charge in [0.25, 0.3) is 5.91 Å². The largest absolute Gasteiger partial charge is 0.477 e. The summed E-state index contributed by atoms with van der Waals surface area (Å²) in [6.07, 6.45) is -0.344. The molecule has 0 radical (unpaired) electrons. The van der Waals surface area contributed by atoms with Gasteiger partial charge in [-0.1, -0.05) is 6.92 Å². The molecular weight excluding hydrogens is 436 g/mol. The van der Waals surface area contributed by atoms with Crippen molar-refractivity contribution in [3.63, 3.8) is 0 Å². The Morgan fingerprint density at radius 3 is 2.62 bits per heavy atom. The fourth-order valence-corrected chi connectivity index (χ4v) is 6.47. The molecule has 4 heterocycles. The summed E-state index contributed by atoms with van der Waals surface area (Å²) in [7, 11) is 0. The Balaban J connectivity index is 1.42. The van der Waals surface area contributed by atoms with Crippen LogP contribution in [0.4, 0.5) is 0 Å². The summed E-state index contributed by atoms with van der Waals surface area (Å²) in [5.41, 5.74) is 6.01. The molecule has 4 rings (SSSR count). The molecule has 0 bridgehead atoms. The lowest BCUT2D eigenvalue weighted by atomic mass is 9.79. The number of nitrogens with one attached hydrogen (secondary N) is 2. The number of carboxylic acids is 1. The number of rotatable bonds is 5. The molecule has 11 nitrogen and oxygen atoms in total. The Hall–Kier alpha value is -2.15. The summed E-state index contributed by atoms with van der Waals surface area (Å²) in [5.74, 6) is -2.38. The van der Waals surface area contributed by atoms with E-state index in [0.717, 1.165) is 13.1 Å². The minimum atomic E-state index is -1.15. The van der Waals surface area contributed by atoms with Crippen LogP contribution in [0.3, 0.4) is 0 Å². The number of aliphatic carboxylic acids is 1. The van der Waals surface area contributed by atoms with Crippen LogP contribution in [0.25, 0.3) is 0 Å². The Kier molecular flexibility index (Phi) is 6.48. The van der Waals surface area contributed by atoms with Gasteiger partial charge in [0.2, 0.25) is 5.91 Å².